The van der Waals surface area contributed by atoms with Gasteiger partial charge in [0.05, 0.1) is 5.02 Å². The van der Waals surface area contributed by atoms with Crippen LogP contribution in [0.2, 0.25) is 5.02 Å². The standard InChI is InChI=1S/C13H16ClNO4/c1-8(13(16)17)15(2)7-9-5-10(14)12-11(6-9)18-3-4-19-12/h5-6,8H,3-4,7H2,1-2H3,(H,16,17)/t8-/m1/s1. The Balaban J connectivity index is 2.17. The van der Waals surface area contributed by atoms with E-state index in [1.165, 1.54) is 0 Å². The normalized spacial score (nSPS) is 15.4. The molecule has 1 atom stereocenters. The average molecular weight is 286 g/mol. The van der Waals surface area contributed by atoms with Gasteiger partial charge in [-0.05, 0) is 31.7 Å². The number of ether oxygens (including phenoxy) is 2. The first-order valence-corrected chi connectivity index (χ1v) is 6.38. The van der Waals surface area contributed by atoms with Crippen molar-refractivity contribution in [3.05, 3.63) is 22.7 Å². The third-order valence-corrected chi connectivity index (χ3v) is 3.39. The number of nitrogens with zero attached hydrogens (tertiary/aromatic N) is 1. The van der Waals surface area contributed by atoms with Crippen LogP contribution in [0.4, 0.5) is 0 Å². The average Bonchev–Trinajstić information content (AvgIpc) is 2.37. The van der Waals surface area contributed by atoms with Crippen molar-refractivity contribution in [2.24, 2.45) is 0 Å². The lowest BCUT2D eigenvalue weighted by molar-refractivity contribution is -0.142. The van der Waals surface area contributed by atoms with Crippen molar-refractivity contribution in [1.82, 2.24) is 4.90 Å². The van der Waals surface area contributed by atoms with Gasteiger partial charge in [-0.3, -0.25) is 9.69 Å². The number of likely N-dealkylation sites (N-methyl/N-ethyl adjacent to an activating group) is 1. The van der Waals surface area contributed by atoms with Gasteiger partial charge in [0.25, 0.3) is 0 Å². The van der Waals surface area contributed by atoms with E-state index in [0.29, 0.717) is 36.3 Å². The van der Waals surface area contributed by atoms with Gasteiger partial charge in [-0.25, -0.2) is 0 Å². The smallest absolute Gasteiger partial charge is 0.320 e. The third kappa shape index (κ3) is 3.11. The van der Waals surface area contributed by atoms with Crippen LogP contribution in [0.15, 0.2) is 12.1 Å². The number of rotatable bonds is 4. The van der Waals surface area contributed by atoms with Crippen molar-refractivity contribution in [1.29, 1.82) is 0 Å². The monoisotopic (exact) mass is 285 g/mol. The van der Waals surface area contributed by atoms with Crippen LogP contribution in [-0.4, -0.2) is 42.3 Å². The van der Waals surface area contributed by atoms with Crippen molar-refractivity contribution in [3.63, 3.8) is 0 Å². The highest BCUT2D eigenvalue weighted by molar-refractivity contribution is 6.32. The van der Waals surface area contributed by atoms with E-state index in [1.54, 1.807) is 24.9 Å². The maximum Gasteiger partial charge on any atom is 0.320 e. The molecular weight excluding hydrogens is 270 g/mol. The Labute approximate surface area is 116 Å². The summed E-state index contributed by atoms with van der Waals surface area (Å²) < 4.78 is 10.9. The fourth-order valence-corrected chi connectivity index (χ4v) is 2.16. The first-order valence-electron chi connectivity index (χ1n) is 6.00. The van der Waals surface area contributed by atoms with E-state index in [0.717, 1.165) is 5.56 Å². The van der Waals surface area contributed by atoms with Crippen molar-refractivity contribution in [2.45, 2.75) is 19.5 Å². The SMILES string of the molecule is C[C@H](C(=O)O)N(C)Cc1cc(Cl)c2c(c1)OCCO2. The Bertz CT molecular complexity index is 492. The molecule has 0 fully saturated rings. The molecule has 104 valence electrons. The minimum Gasteiger partial charge on any atom is -0.486 e. The summed E-state index contributed by atoms with van der Waals surface area (Å²) >= 11 is 6.13. The second kappa shape index (κ2) is 5.67. The highest BCUT2D eigenvalue weighted by atomic mass is 35.5. The Kier molecular flexibility index (Phi) is 4.17. The van der Waals surface area contributed by atoms with Crippen LogP contribution in [0.5, 0.6) is 11.5 Å². The molecule has 0 aromatic heterocycles. The van der Waals surface area contributed by atoms with Crippen molar-refractivity contribution in [2.75, 3.05) is 20.3 Å². The molecular formula is C13H16ClNO4. The zero-order chi connectivity index (χ0) is 14.0. The van der Waals surface area contributed by atoms with Crippen LogP contribution in [0.25, 0.3) is 0 Å². The predicted molar refractivity (Wildman–Crippen MR) is 71.0 cm³/mol. The fourth-order valence-electron chi connectivity index (χ4n) is 1.87. The lowest BCUT2D eigenvalue weighted by Gasteiger charge is -2.24. The number of hydrogen-bond acceptors (Lipinski definition) is 4. The van der Waals surface area contributed by atoms with Crippen LogP contribution >= 0.6 is 11.6 Å². The zero-order valence-corrected chi connectivity index (χ0v) is 11.6. The molecule has 0 saturated heterocycles. The van der Waals surface area contributed by atoms with E-state index in [4.69, 9.17) is 26.2 Å². The number of carbonyl (C=O) groups is 1. The molecule has 1 heterocycles. The molecule has 0 aliphatic carbocycles. The molecule has 5 nitrogen and oxygen atoms in total. The van der Waals surface area contributed by atoms with Gasteiger partial charge in [0.2, 0.25) is 0 Å². The molecule has 1 N–H and O–H groups in total. The fraction of sp³-hybridized carbons (Fsp3) is 0.462. The summed E-state index contributed by atoms with van der Waals surface area (Å²) in [7, 11) is 1.75. The number of fused-ring (bicyclic) bond motifs is 1. The molecule has 0 unspecified atom stereocenters. The maximum atomic E-state index is 10.9. The number of benzene rings is 1. The van der Waals surface area contributed by atoms with Crippen LogP contribution in [0.1, 0.15) is 12.5 Å². The molecule has 1 aliphatic rings. The molecule has 0 bridgehead atoms. The summed E-state index contributed by atoms with van der Waals surface area (Å²) in [6.45, 7) is 3.10. The Morgan fingerprint density at radius 3 is 2.84 bits per heavy atom. The molecule has 0 amide bonds. The topological polar surface area (TPSA) is 59.0 Å². The maximum absolute atomic E-state index is 10.9. The minimum absolute atomic E-state index is 0.476. The second-order valence-electron chi connectivity index (χ2n) is 4.53. The highest BCUT2D eigenvalue weighted by Crippen LogP contribution is 2.38. The summed E-state index contributed by atoms with van der Waals surface area (Å²) in [4.78, 5) is 12.6. The van der Waals surface area contributed by atoms with Gasteiger partial charge in [0, 0.05) is 6.54 Å². The van der Waals surface area contributed by atoms with Gasteiger partial charge in [-0.2, -0.15) is 0 Å². The second-order valence-corrected chi connectivity index (χ2v) is 4.94. The molecule has 1 aromatic rings. The molecule has 0 spiro atoms. The molecule has 2 rings (SSSR count). The predicted octanol–water partition coefficient (Wildman–Crippen LogP) is 2.02. The van der Waals surface area contributed by atoms with Crippen LogP contribution in [0.3, 0.4) is 0 Å². The summed E-state index contributed by atoms with van der Waals surface area (Å²) in [5, 5.41) is 9.45. The number of carboxylic acid groups (broad SMARTS) is 1. The third-order valence-electron chi connectivity index (χ3n) is 3.11. The first-order chi connectivity index (χ1) is 8.99. The summed E-state index contributed by atoms with van der Waals surface area (Å²) in [6.07, 6.45) is 0. The van der Waals surface area contributed by atoms with E-state index in [-0.39, 0.29) is 0 Å². The number of hydrogen-bond donors (Lipinski definition) is 1. The van der Waals surface area contributed by atoms with E-state index < -0.39 is 12.0 Å². The largest absolute Gasteiger partial charge is 0.486 e. The van der Waals surface area contributed by atoms with Crippen LogP contribution < -0.4 is 9.47 Å². The van der Waals surface area contributed by atoms with E-state index in [1.807, 2.05) is 6.07 Å². The van der Waals surface area contributed by atoms with Crippen molar-refractivity contribution >= 4 is 17.6 Å². The quantitative estimate of drug-likeness (QED) is 0.917. The highest BCUT2D eigenvalue weighted by Gasteiger charge is 2.20. The van der Waals surface area contributed by atoms with Gasteiger partial charge < -0.3 is 14.6 Å². The molecule has 19 heavy (non-hydrogen) atoms. The van der Waals surface area contributed by atoms with Crippen LogP contribution in [0, 0.1) is 0 Å². The van der Waals surface area contributed by atoms with Crippen molar-refractivity contribution < 1.29 is 19.4 Å². The van der Waals surface area contributed by atoms with E-state index >= 15 is 0 Å². The Morgan fingerprint density at radius 2 is 2.16 bits per heavy atom. The van der Waals surface area contributed by atoms with Gasteiger partial charge in [0.15, 0.2) is 11.5 Å². The van der Waals surface area contributed by atoms with Crippen LogP contribution in [-0.2, 0) is 11.3 Å². The molecule has 0 saturated carbocycles. The summed E-state index contributed by atoms with van der Waals surface area (Å²) in [6, 6.07) is 3.05. The number of carboxylic acids is 1. The van der Waals surface area contributed by atoms with E-state index in [9.17, 15) is 4.79 Å². The van der Waals surface area contributed by atoms with Gasteiger partial charge in [0.1, 0.15) is 19.3 Å². The molecule has 6 heteroatoms. The van der Waals surface area contributed by atoms with Gasteiger partial charge in [-0.1, -0.05) is 11.6 Å². The number of halogens is 1. The lowest BCUT2D eigenvalue weighted by atomic mass is 10.1. The Morgan fingerprint density at radius 1 is 1.47 bits per heavy atom. The van der Waals surface area contributed by atoms with Gasteiger partial charge in [-0.15, -0.1) is 0 Å². The lowest BCUT2D eigenvalue weighted by Crippen LogP contribution is -2.35. The van der Waals surface area contributed by atoms with Gasteiger partial charge >= 0.3 is 5.97 Å². The number of aliphatic carboxylic acids is 1. The molecule has 1 aliphatic heterocycles. The Hall–Kier alpha value is -1.46. The summed E-state index contributed by atoms with van der Waals surface area (Å²) in [5.41, 5.74) is 0.893. The minimum atomic E-state index is -0.855. The first kappa shape index (κ1) is 14.0. The molecule has 0 radical (unpaired) electrons. The molecule has 1 aromatic carbocycles. The van der Waals surface area contributed by atoms with E-state index in [2.05, 4.69) is 0 Å². The van der Waals surface area contributed by atoms with Crippen molar-refractivity contribution in [3.8, 4) is 11.5 Å². The summed E-state index contributed by atoms with van der Waals surface area (Å²) in [5.74, 6) is 0.321. The zero-order valence-electron chi connectivity index (χ0n) is 10.9.